The molecule has 1 aliphatic heterocycles. The number of amides is 2. The number of unbranched alkanes of at least 4 members (excludes halogenated alkanes) is 1. The molecule has 0 bridgehead atoms. The van der Waals surface area contributed by atoms with Crippen LogP contribution in [0.5, 0.6) is 0 Å². The van der Waals surface area contributed by atoms with Crippen molar-refractivity contribution in [3.8, 4) is 0 Å². The minimum absolute atomic E-state index is 0.122. The fourth-order valence-corrected chi connectivity index (χ4v) is 2.38. The second-order valence-corrected chi connectivity index (χ2v) is 5.45. The first-order valence-electron chi connectivity index (χ1n) is 7.71. The normalized spacial score (nSPS) is 16.8. The van der Waals surface area contributed by atoms with E-state index in [9.17, 15) is 14.0 Å². The number of carbonyl (C=O) groups excluding carboxylic acids is 2. The lowest BCUT2D eigenvalue weighted by Gasteiger charge is -2.20. The Bertz CT molecular complexity index is 618. The predicted octanol–water partition coefficient (Wildman–Crippen LogP) is 0.789. The van der Waals surface area contributed by atoms with Crippen molar-refractivity contribution >= 4 is 23.2 Å². The highest BCUT2D eigenvalue weighted by Gasteiger charge is 2.34. The number of methoxy groups -OCH3 is 1. The van der Waals surface area contributed by atoms with Crippen LogP contribution in [0, 0.1) is 5.82 Å². The van der Waals surface area contributed by atoms with Gasteiger partial charge in [0.25, 0.3) is 5.91 Å². The van der Waals surface area contributed by atoms with Crippen molar-refractivity contribution in [3.63, 3.8) is 0 Å². The van der Waals surface area contributed by atoms with Crippen LogP contribution < -0.4 is 16.1 Å². The number of carbonyl (C=O) groups is 2. The van der Waals surface area contributed by atoms with Crippen LogP contribution in [0.2, 0.25) is 0 Å². The number of nitrogens with zero attached hydrogens (tertiary/aromatic N) is 2. The molecule has 2 rings (SSSR count). The Morgan fingerprint density at radius 1 is 1.38 bits per heavy atom. The Kier molecular flexibility index (Phi) is 6.25. The highest BCUT2D eigenvalue weighted by molar-refractivity contribution is 6.40. The van der Waals surface area contributed by atoms with Crippen molar-refractivity contribution < 1.29 is 18.7 Å². The molecule has 3 N–H and O–H groups in total. The second-order valence-electron chi connectivity index (χ2n) is 5.45. The molecule has 1 aliphatic rings. The summed E-state index contributed by atoms with van der Waals surface area (Å²) in [5, 5.41) is 8.32. The SMILES string of the molecule is COCCCCNC(=O)C1=NN(c2ccc(F)cc2)C(C(N)=O)C1. The highest BCUT2D eigenvalue weighted by atomic mass is 19.1. The average Bonchev–Trinajstić information content (AvgIpc) is 3.01. The number of halogens is 1. The zero-order valence-corrected chi connectivity index (χ0v) is 13.5. The maximum Gasteiger partial charge on any atom is 0.267 e. The number of benzene rings is 1. The number of anilines is 1. The van der Waals surface area contributed by atoms with E-state index < -0.39 is 17.8 Å². The molecule has 0 fully saturated rings. The zero-order valence-electron chi connectivity index (χ0n) is 13.5. The fourth-order valence-electron chi connectivity index (χ4n) is 2.38. The Balaban J connectivity index is 2.02. The smallest absolute Gasteiger partial charge is 0.267 e. The minimum atomic E-state index is -0.760. The molecule has 1 aromatic carbocycles. The molecule has 0 saturated heterocycles. The third kappa shape index (κ3) is 4.51. The lowest BCUT2D eigenvalue weighted by atomic mass is 10.1. The molecule has 1 heterocycles. The van der Waals surface area contributed by atoms with Gasteiger partial charge in [-0.3, -0.25) is 14.6 Å². The summed E-state index contributed by atoms with van der Waals surface area (Å²) < 4.78 is 18.0. The third-order valence-corrected chi connectivity index (χ3v) is 3.65. The molecule has 2 amide bonds. The van der Waals surface area contributed by atoms with Crippen LogP contribution in [-0.4, -0.2) is 43.8 Å². The van der Waals surface area contributed by atoms with Gasteiger partial charge in [0, 0.05) is 26.7 Å². The number of nitrogens with two attached hydrogens (primary N) is 1. The molecule has 0 saturated carbocycles. The van der Waals surface area contributed by atoms with Crippen LogP contribution in [0.4, 0.5) is 10.1 Å². The molecule has 0 radical (unpaired) electrons. The van der Waals surface area contributed by atoms with Gasteiger partial charge in [0.05, 0.1) is 5.69 Å². The van der Waals surface area contributed by atoms with Gasteiger partial charge in [-0.2, -0.15) is 5.10 Å². The van der Waals surface area contributed by atoms with Crippen molar-refractivity contribution in [1.82, 2.24) is 5.32 Å². The van der Waals surface area contributed by atoms with Crippen molar-refractivity contribution in [2.24, 2.45) is 10.8 Å². The van der Waals surface area contributed by atoms with Crippen LogP contribution in [-0.2, 0) is 14.3 Å². The second kappa shape index (κ2) is 8.39. The standard InChI is InChI=1S/C16H21FN4O3/c1-24-9-3-2-8-19-16(23)13-10-14(15(18)22)21(20-13)12-6-4-11(17)5-7-12/h4-7,14H,2-3,8-10H2,1H3,(H2,18,22)(H,19,23). The Morgan fingerprint density at radius 2 is 2.08 bits per heavy atom. The summed E-state index contributed by atoms with van der Waals surface area (Å²) in [6.45, 7) is 1.14. The molecule has 0 aromatic heterocycles. The summed E-state index contributed by atoms with van der Waals surface area (Å²) in [7, 11) is 1.62. The van der Waals surface area contributed by atoms with Crippen LogP contribution in [0.15, 0.2) is 29.4 Å². The van der Waals surface area contributed by atoms with Crippen molar-refractivity contribution in [1.29, 1.82) is 0 Å². The van der Waals surface area contributed by atoms with E-state index in [0.29, 0.717) is 18.8 Å². The zero-order chi connectivity index (χ0) is 17.5. The summed E-state index contributed by atoms with van der Waals surface area (Å²) in [5.74, 6) is -1.32. The molecule has 1 unspecified atom stereocenters. The van der Waals surface area contributed by atoms with Crippen LogP contribution in [0.1, 0.15) is 19.3 Å². The molecular weight excluding hydrogens is 315 g/mol. The summed E-state index contributed by atoms with van der Waals surface area (Å²) in [6.07, 6.45) is 1.75. The lowest BCUT2D eigenvalue weighted by Crippen LogP contribution is -2.40. The number of hydrogen-bond acceptors (Lipinski definition) is 5. The maximum atomic E-state index is 13.0. The van der Waals surface area contributed by atoms with E-state index in [1.54, 1.807) is 7.11 Å². The molecule has 0 spiro atoms. The number of nitrogens with one attached hydrogen (secondary N) is 1. The summed E-state index contributed by atoms with van der Waals surface area (Å²) in [5.41, 5.74) is 6.13. The largest absolute Gasteiger partial charge is 0.385 e. The molecule has 24 heavy (non-hydrogen) atoms. The van der Waals surface area contributed by atoms with E-state index in [2.05, 4.69) is 10.4 Å². The van der Waals surface area contributed by atoms with E-state index in [0.717, 1.165) is 12.8 Å². The number of hydrazone groups is 1. The average molecular weight is 336 g/mol. The van der Waals surface area contributed by atoms with E-state index in [-0.39, 0.29) is 18.0 Å². The van der Waals surface area contributed by atoms with Gasteiger partial charge in [-0.05, 0) is 37.1 Å². The highest BCUT2D eigenvalue weighted by Crippen LogP contribution is 2.24. The number of ether oxygens (including phenoxy) is 1. The summed E-state index contributed by atoms with van der Waals surface area (Å²) in [6, 6.07) is 4.73. The first-order valence-corrected chi connectivity index (χ1v) is 7.71. The van der Waals surface area contributed by atoms with E-state index in [1.807, 2.05) is 0 Å². The van der Waals surface area contributed by atoms with Gasteiger partial charge in [0.1, 0.15) is 17.6 Å². The maximum absolute atomic E-state index is 13.0. The number of rotatable bonds is 8. The Morgan fingerprint density at radius 3 is 2.71 bits per heavy atom. The molecule has 0 aliphatic carbocycles. The quantitative estimate of drug-likeness (QED) is 0.686. The van der Waals surface area contributed by atoms with Gasteiger partial charge < -0.3 is 15.8 Å². The molecule has 130 valence electrons. The van der Waals surface area contributed by atoms with Gasteiger partial charge in [-0.1, -0.05) is 0 Å². The molecular formula is C16H21FN4O3. The van der Waals surface area contributed by atoms with Crippen molar-refractivity contribution in [3.05, 3.63) is 30.1 Å². The van der Waals surface area contributed by atoms with Crippen molar-refractivity contribution in [2.45, 2.75) is 25.3 Å². The number of hydrogen-bond donors (Lipinski definition) is 2. The van der Waals surface area contributed by atoms with Crippen molar-refractivity contribution in [2.75, 3.05) is 25.3 Å². The molecule has 8 heteroatoms. The van der Waals surface area contributed by atoms with Crippen LogP contribution >= 0.6 is 0 Å². The summed E-state index contributed by atoms with van der Waals surface area (Å²) in [4.78, 5) is 23.8. The van der Waals surface area contributed by atoms with E-state index >= 15 is 0 Å². The first-order chi connectivity index (χ1) is 11.5. The predicted molar refractivity (Wildman–Crippen MR) is 88.0 cm³/mol. The fraction of sp³-hybridized carbons (Fsp3) is 0.438. The Hall–Kier alpha value is -2.48. The van der Waals surface area contributed by atoms with Crippen LogP contribution in [0.3, 0.4) is 0 Å². The van der Waals surface area contributed by atoms with Gasteiger partial charge in [-0.25, -0.2) is 4.39 Å². The third-order valence-electron chi connectivity index (χ3n) is 3.65. The number of primary amides is 1. The van der Waals surface area contributed by atoms with Gasteiger partial charge >= 0.3 is 0 Å². The topological polar surface area (TPSA) is 97.0 Å². The minimum Gasteiger partial charge on any atom is -0.385 e. The lowest BCUT2D eigenvalue weighted by molar-refractivity contribution is -0.119. The first kappa shape index (κ1) is 17.9. The van der Waals surface area contributed by atoms with E-state index in [1.165, 1.54) is 29.3 Å². The van der Waals surface area contributed by atoms with Gasteiger partial charge in [-0.15, -0.1) is 0 Å². The van der Waals surface area contributed by atoms with Crippen LogP contribution in [0.25, 0.3) is 0 Å². The molecule has 1 aromatic rings. The molecule has 7 nitrogen and oxygen atoms in total. The Labute approximate surface area is 139 Å². The molecule has 1 atom stereocenters. The monoisotopic (exact) mass is 336 g/mol. The van der Waals surface area contributed by atoms with Gasteiger partial charge in [0.2, 0.25) is 5.91 Å². The van der Waals surface area contributed by atoms with E-state index in [4.69, 9.17) is 10.5 Å². The summed E-state index contributed by atoms with van der Waals surface area (Å²) >= 11 is 0. The van der Waals surface area contributed by atoms with Gasteiger partial charge in [0.15, 0.2) is 0 Å².